The van der Waals surface area contributed by atoms with Gasteiger partial charge in [0, 0.05) is 31.0 Å². The predicted octanol–water partition coefficient (Wildman–Crippen LogP) is 3.37. The van der Waals surface area contributed by atoms with Crippen molar-refractivity contribution in [1.29, 1.82) is 0 Å². The maximum Gasteiger partial charge on any atom is 0.222 e. The molecule has 0 unspecified atom stereocenters. The fourth-order valence-electron chi connectivity index (χ4n) is 3.57. The summed E-state index contributed by atoms with van der Waals surface area (Å²) in [5.74, 6) is 1.70. The van der Waals surface area contributed by atoms with Gasteiger partial charge in [0.25, 0.3) is 0 Å². The van der Waals surface area contributed by atoms with Crippen LogP contribution in [0.3, 0.4) is 0 Å². The first-order valence-corrected chi connectivity index (χ1v) is 10.6. The van der Waals surface area contributed by atoms with E-state index in [4.69, 9.17) is 16.5 Å². The van der Waals surface area contributed by atoms with E-state index in [0.717, 1.165) is 34.1 Å². The first kappa shape index (κ1) is 22.3. The lowest BCUT2D eigenvalue weighted by molar-refractivity contribution is -0.132. The van der Waals surface area contributed by atoms with Crippen LogP contribution in [0.4, 0.5) is 5.82 Å². The Labute approximate surface area is 182 Å². The Kier molecular flexibility index (Phi) is 6.89. The summed E-state index contributed by atoms with van der Waals surface area (Å²) in [5, 5.41) is 0.886. The van der Waals surface area contributed by atoms with Gasteiger partial charge >= 0.3 is 0 Å². The first-order chi connectivity index (χ1) is 14.9. The number of imidazole rings is 1. The highest BCUT2D eigenvalue weighted by Crippen LogP contribution is 2.27. The zero-order valence-corrected chi connectivity index (χ0v) is 18.6. The Morgan fingerprint density at radius 1 is 1.32 bits per heavy atom. The number of nitrogen functional groups attached to an aromatic ring is 1. The van der Waals surface area contributed by atoms with Gasteiger partial charge in [-0.3, -0.25) is 9.79 Å². The minimum Gasteiger partial charge on any atom is -0.405 e. The van der Waals surface area contributed by atoms with Crippen LogP contribution < -0.4 is 11.5 Å². The third-order valence-electron chi connectivity index (χ3n) is 5.30. The van der Waals surface area contributed by atoms with Crippen LogP contribution in [0.25, 0.3) is 21.9 Å². The normalized spacial score (nSPS) is 12.5. The van der Waals surface area contributed by atoms with Crippen LogP contribution in [-0.4, -0.2) is 45.1 Å². The molecule has 8 heteroatoms. The van der Waals surface area contributed by atoms with Crippen molar-refractivity contribution in [2.24, 2.45) is 16.6 Å². The monoisotopic (exact) mass is 421 g/mol. The lowest BCUT2D eigenvalue weighted by Crippen LogP contribution is -2.30. The van der Waals surface area contributed by atoms with Crippen molar-refractivity contribution >= 4 is 39.4 Å². The molecule has 5 N–H and O–H groups in total. The average molecular weight is 422 g/mol. The highest BCUT2D eigenvalue weighted by molar-refractivity contribution is 6.12. The molecule has 1 amide bonds. The molecular weight excluding hydrogens is 390 g/mol. The number of pyridine rings is 1. The molecule has 3 aromatic rings. The van der Waals surface area contributed by atoms with Crippen LogP contribution in [0, 0.1) is 5.92 Å². The van der Waals surface area contributed by atoms with Gasteiger partial charge in [-0.2, -0.15) is 0 Å². The SMILES string of the molecule is CCN(Cc1nc2c([nH]1)c(N)nc1cc(C(/C=C\N)=NC)ccc12)C(=O)CCC(C)C. The summed E-state index contributed by atoms with van der Waals surface area (Å²) >= 11 is 0. The third-order valence-corrected chi connectivity index (χ3v) is 5.30. The number of anilines is 1. The molecule has 0 fully saturated rings. The fourth-order valence-corrected chi connectivity index (χ4v) is 3.57. The molecule has 1 aromatic carbocycles. The molecule has 0 aliphatic heterocycles. The topological polar surface area (TPSA) is 126 Å². The van der Waals surface area contributed by atoms with Gasteiger partial charge in [0.05, 0.1) is 17.8 Å². The summed E-state index contributed by atoms with van der Waals surface area (Å²) in [4.78, 5) is 31.2. The molecular formula is C23H31N7O. The highest BCUT2D eigenvalue weighted by atomic mass is 16.2. The van der Waals surface area contributed by atoms with E-state index in [1.54, 1.807) is 13.1 Å². The van der Waals surface area contributed by atoms with Crippen LogP contribution in [0.2, 0.25) is 0 Å². The third kappa shape index (κ3) is 4.84. The number of nitrogens with one attached hydrogen (secondary N) is 1. The van der Waals surface area contributed by atoms with Gasteiger partial charge in [-0.15, -0.1) is 0 Å². The van der Waals surface area contributed by atoms with Gasteiger partial charge in [-0.1, -0.05) is 19.9 Å². The number of amides is 1. The Bertz CT molecular complexity index is 1140. The average Bonchev–Trinajstić information content (AvgIpc) is 3.18. The number of hydrogen-bond donors (Lipinski definition) is 3. The zero-order chi connectivity index (χ0) is 22.5. The van der Waals surface area contributed by atoms with Gasteiger partial charge in [0.2, 0.25) is 5.91 Å². The first-order valence-electron chi connectivity index (χ1n) is 10.6. The number of aromatic amines is 1. The van der Waals surface area contributed by atoms with Crippen molar-refractivity contribution in [3.05, 3.63) is 41.9 Å². The summed E-state index contributed by atoms with van der Waals surface area (Å²) in [6, 6.07) is 5.85. The molecule has 0 saturated heterocycles. The molecule has 2 aromatic heterocycles. The lowest BCUT2D eigenvalue weighted by atomic mass is 10.1. The molecule has 0 saturated carbocycles. The molecule has 0 aliphatic rings. The van der Waals surface area contributed by atoms with Gasteiger partial charge in [-0.05, 0) is 43.7 Å². The number of rotatable bonds is 8. The maximum absolute atomic E-state index is 12.6. The number of aromatic nitrogens is 3. The van der Waals surface area contributed by atoms with Crippen molar-refractivity contribution in [3.8, 4) is 0 Å². The molecule has 164 valence electrons. The van der Waals surface area contributed by atoms with Crippen LogP contribution in [-0.2, 0) is 11.3 Å². The fraction of sp³-hybridized carbons (Fsp3) is 0.391. The van der Waals surface area contributed by atoms with Gasteiger partial charge in [-0.25, -0.2) is 9.97 Å². The summed E-state index contributed by atoms with van der Waals surface area (Å²) in [6.45, 7) is 7.26. The van der Waals surface area contributed by atoms with Crippen molar-refractivity contribution in [2.45, 2.75) is 40.2 Å². The van der Waals surface area contributed by atoms with Crippen molar-refractivity contribution in [1.82, 2.24) is 19.9 Å². The molecule has 3 rings (SSSR count). The van der Waals surface area contributed by atoms with E-state index in [1.165, 1.54) is 6.20 Å². The van der Waals surface area contributed by atoms with Crippen LogP contribution >= 0.6 is 0 Å². The van der Waals surface area contributed by atoms with Crippen molar-refractivity contribution < 1.29 is 4.79 Å². The van der Waals surface area contributed by atoms with Gasteiger partial charge in [0.1, 0.15) is 22.7 Å². The minimum absolute atomic E-state index is 0.136. The summed E-state index contributed by atoms with van der Waals surface area (Å²) in [7, 11) is 1.71. The predicted molar refractivity (Wildman–Crippen MR) is 127 cm³/mol. The van der Waals surface area contributed by atoms with E-state index in [-0.39, 0.29) is 5.91 Å². The number of allylic oxidation sites excluding steroid dienone is 1. The zero-order valence-electron chi connectivity index (χ0n) is 18.6. The largest absolute Gasteiger partial charge is 0.405 e. The Balaban J connectivity index is 1.96. The van der Waals surface area contributed by atoms with E-state index in [2.05, 4.69) is 28.8 Å². The number of hydrogen-bond acceptors (Lipinski definition) is 6. The number of nitrogens with zero attached hydrogens (tertiary/aromatic N) is 4. The molecule has 0 spiro atoms. The van der Waals surface area contributed by atoms with Crippen LogP contribution in [0.15, 0.2) is 35.5 Å². The van der Waals surface area contributed by atoms with Crippen LogP contribution in [0.5, 0.6) is 0 Å². The number of carbonyl (C=O) groups is 1. The van der Waals surface area contributed by atoms with Crippen molar-refractivity contribution in [3.63, 3.8) is 0 Å². The van der Waals surface area contributed by atoms with E-state index in [1.807, 2.05) is 30.0 Å². The van der Waals surface area contributed by atoms with E-state index >= 15 is 0 Å². The summed E-state index contributed by atoms with van der Waals surface area (Å²) < 4.78 is 0. The molecule has 0 atom stereocenters. The second-order valence-electron chi connectivity index (χ2n) is 7.94. The number of nitrogens with two attached hydrogens (primary N) is 2. The number of H-pyrrole nitrogens is 1. The smallest absolute Gasteiger partial charge is 0.222 e. The van der Waals surface area contributed by atoms with Crippen LogP contribution in [0.1, 0.15) is 45.0 Å². The minimum atomic E-state index is 0.136. The van der Waals surface area contributed by atoms with E-state index in [0.29, 0.717) is 42.6 Å². The van der Waals surface area contributed by atoms with E-state index in [9.17, 15) is 4.79 Å². The van der Waals surface area contributed by atoms with Gasteiger partial charge < -0.3 is 21.4 Å². The van der Waals surface area contributed by atoms with Gasteiger partial charge in [0.15, 0.2) is 0 Å². The number of carbonyl (C=O) groups excluding carboxylic acids is 1. The molecule has 0 bridgehead atoms. The second-order valence-corrected chi connectivity index (χ2v) is 7.94. The Morgan fingerprint density at radius 2 is 2.10 bits per heavy atom. The molecule has 0 radical (unpaired) electrons. The Morgan fingerprint density at radius 3 is 2.74 bits per heavy atom. The quantitative estimate of drug-likeness (QED) is 0.481. The second kappa shape index (κ2) is 9.59. The number of benzene rings is 1. The molecule has 8 nitrogen and oxygen atoms in total. The summed E-state index contributed by atoms with van der Waals surface area (Å²) in [5.41, 5.74) is 15.6. The molecule has 31 heavy (non-hydrogen) atoms. The molecule has 2 heterocycles. The van der Waals surface area contributed by atoms with Crippen molar-refractivity contribution in [2.75, 3.05) is 19.3 Å². The standard InChI is InChI=1S/C23H31N7O/c1-5-30(20(31)9-6-14(2)3)13-19-28-21-16-8-7-15(17(26-4)10-11-24)12-18(16)27-23(25)22(21)29-19/h7-8,10-12,14H,5-6,9,13,24H2,1-4H3,(H2,25,27)(H,28,29)/b11-10-,26-17?. The van der Waals surface area contributed by atoms with E-state index < -0.39 is 0 Å². The Hall–Kier alpha value is -3.42. The summed E-state index contributed by atoms with van der Waals surface area (Å²) in [6.07, 6.45) is 4.62. The number of aliphatic imine (C=N–C) groups is 1. The lowest BCUT2D eigenvalue weighted by Gasteiger charge is -2.20. The highest BCUT2D eigenvalue weighted by Gasteiger charge is 2.17. The molecule has 0 aliphatic carbocycles. The maximum atomic E-state index is 12.6. The number of fused-ring (bicyclic) bond motifs is 3.